The van der Waals surface area contributed by atoms with Gasteiger partial charge in [-0.3, -0.25) is 4.79 Å². The van der Waals surface area contributed by atoms with Gasteiger partial charge >= 0.3 is 5.97 Å². The molecule has 1 saturated heterocycles. The first-order valence-electron chi connectivity index (χ1n) is 8.94. The van der Waals surface area contributed by atoms with Crippen molar-refractivity contribution in [1.82, 2.24) is 4.31 Å². The van der Waals surface area contributed by atoms with Crippen molar-refractivity contribution in [3.8, 4) is 5.75 Å². The van der Waals surface area contributed by atoms with Crippen molar-refractivity contribution in [2.45, 2.75) is 4.90 Å². The SMILES string of the molecule is COc1ccc(C(=O)COC(=O)c2ccc(S(=O)(=O)N3CCOCC3)cc2)cc1. The first-order chi connectivity index (χ1) is 13.9. The fraction of sp³-hybridized carbons (Fsp3) is 0.300. The Balaban J connectivity index is 1.60. The highest BCUT2D eigenvalue weighted by Gasteiger charge is 2.26. The van der Waals surface area contributed by atoms with Crippen molar-refractivity contribution in [2.75, 3.05) is 40.0 Å². The third-order valence-electron chi connectivity index (χ3n) is 4.44. The lowest BCUT2D eigenvalue weighted by molar-refractivity contribution is 0.0474. The number of nitrogens with zero attached hydrogens (tertiary/aromatic N) is 1. The first kappa shape index (κ1) is 21.0. The normalized spacial score (nSPS) is 14.9. The highest BCUT2D eigenvalue weighted by Crippen LogP contribution is 2.18. The van der Waals surface area contributed by atoms with Crippen molar-refractivity contribution in [1.29, 1.82) is 0 Å². The van der Waals surface area contributed by atoms with Crippen LogP contribution >= 0.6 is 0 Å². The summed E-state index contributed by atoms with van der Waals surface area (Å²) >= 11 is 0. The number of benzene rings is 2. The number of hydrogen-bond acceptors (Lipinski definition) is 7. The largest absolute Gasteiger partial charge is 0.497 e. The lowest BCUT2D eigenvalue weighted by Gasteiger charge is -2.26. The second kappa shape index (κ2) is 9.17. The number of ketones is 1. The van der Waals surface area contributed by atoms with Gasteiger partial charge in [-0.25, -0.2) is 13.2 Å². The van der Waals surface area contributed by atoms with Gasteiger partial charge in [-0.05, 0) is 48.5 Å². The van der Waals surface area contributed by atoms with E-state index in [-0.39, 0.29) is 16.2 Å². The molecule has 1 aliphatic heterocycles. The molecule has 8 nitrogen and oxygen atoms in total. The Morgan fingerprint density at radius 1 is 0.966 bits per heavy atom. The van der Waals surface area contributed by atoms with Crippen LogP contribution in [0.4, 0.5) is 0 Å². The van der Waals surface area contributed by atoms with E-state index in [1.54, 1.807) is 24.3 Å². The van der Waals surface area contributed by atoms with Crippen LogP contribution in [0, 0.1) is 0 Å². The zero-order chi connectivity index (χ0) is 20.9. The lowest BCUT2D eigenvalue weighted by Crippen LogP contribution is -2.40. The van der Waals surface area contributed by atoms with E-state index in [1.165, 1.54) is 35.7 Å². The molecule has 29 heavy (non-hydrogen) atoms. The molecular formula is C20H21NO7S. The summed E-state index contributed by atoms with van der Waals surface area (Å²) < 4.78 is 41.8. The Bertz CT molecular complexity index is 963. The Kier molecular flexibility index (Phi) is 6.63. The molecular weight excluding hydrogens is 398 g/mol. The number of morpholine rings is 1. The molecule has 0 radical (unpaired) electrons. The number of hydrogen-bond donors (Lipinski definition) is 0. The quantitative estimate of drug-likeness (QED) is 0.498. The van der Waals surface area contributed by atoms with Crippen LogP contribution < -0.4 is 4.74 Å². The molecule has 0 atom stereocenters. The van der Waals surface area contributed by atoms with Crippen LogP contribution in [0.3, 0.4) is 0 Å². The van der Waals surface area contributed by atoms with Crippen molar-refractivity contribution in [3.05, 3.63) is 59.7 Å². The van der Waals surface area contributed by atoms with E-state index >= 15 is 0 Å². The zero-order valence-corrected chi connectivity index (χ0v) is 16.7. The van der Waals surface area contributed by atoms with Gasteiger partial charge in [-0.2, -0.15) is 4.31 Å². The predicted octanol–water partition coefficient (Wildman–Crippen LogP) is 1.76. The molecule has 9 heteroatoms. The number of carbonyl (C=O) groups excluding carboxylic acids is 2. The molecule has 0 aliphatic carbocycles. The molecule has 1 aliphatic rings. The fourth-order valence-electron chi connectivity index (χ4n) is 2.77. The molecule has 0 amide bonds. The fourth-order valence-corrected chi connectivity index (χ4v) is 4.18. The number of sulfonamides is 1. The molecule has 1 fully saturated rings. The smallest absolute Gasteiger partial charge is 0.338 e. The van der Waals surface area contributed by atoms with Crippen molar-refractivity contribution >= 4 is 21.8 Å². The summed E-state index contributed by atoms with van der Waals surface area (Å²) in [5.74, 6) is -0.444. The maximum atomic E-state index is 12.6. The van der Waals surface area contributed by atoms with Gasteiger partial charge in [0.2, 0.25) is 10.0 Å². The number of methoxy groups -OCH3 is 1. The number of esters is 1. The van der Waals surface area contributed by atoms with Gasteiger partial charge in [-0.1, -0.05) is 0 Å². The van der Waals surface area contributed by atoms with Crippen LogP contribution in [-0.2, 0) is 19.5 Å². The van der Waals surface area contributed by atoms with E-state index < -0.39 is 22.6 Å². The number of rotatable bonds is 7. The van der Waals surface area contributed by atoms with E-state index in [9.17, 15) is 18.0 Å². The van der Waals surface area contributed by atoms with E-state index in [0.29, 0.717) is 37.6 Å². The molecule has 0 N–H and O–H groups in total. The minimum atomic E-state index is -3.64. The topological polar surface area (TPSA) is 99.2 Å². The van der Waals surface area contributed by atoms with Gasteiger partial charge in [0.15, 0.2) is 12.4 Å². The highest BCUT2D eigenvalue weighted by molar-refractivity contribution is 7.89. The summed E-state index contributed by atoms with van der Waals surface area (Å²) in [7, 11) is -2.11. The van der Waals surface area contributed by atoms with Crippen LogP contribution in [0.1, 0.15) is 20.7 Å². The summed E-state index contributed by atoms with van der Waals surface area (Å²) in [4.78, 5) is 24.4. The average Bonchev–Trinajstić information content (AvgIpc) is 2.78. The first-order valence-corrected chi connectivity index (χ1v) is 10.4. The molecule has 0 aromatic heterocycles. The monoisotopic (exact) mass is 419 g/mol. The third-order valence-corrected chi connectivity index (χ3v) is 6.36. The van der Waals surface area contributed by atoms with Gasteiger partial charge < -0.3 is 14.2 Å². The molecule has 0 saturated carbocycles. The average molecular weight is 419 g/mol. The van der Waals surface area contributed by atoms with E-state index in [0.717, 1.165) is 0 Å². The molecule has 154 valence electrons. The van der Waals surface area contributed by atoms with Gasteiger partial charge in [0.1, 0.15) is 5.75 Å². The number of ether oxygens (including phenoxy) is 3. The molecule has 3 rings (SSSR count). The number of Topliss-reactive ketones (excluding diaryl/α,β-unsaturated/α-hetero) is 1. The van der Waals surface area contributed by atoms with Gasteiger partial charge in [0, 0.05) is 18.7 Å². The van der Waals surface area contributed by atoms with Crippen LogP contribution in [0.15, 0.2) is 53.4 Å². The minimum absolute atomic E-state index is 0.0882. The Labute approximate surface area is 169 Å². The second-order valence-corrected chi connectivity index (χ2v) is 8.21. The van der Waals surface area contributed by atoms with Crippen LogP contribution in [0.5, 0.6) is 5.75 Å². The Morgan fingerprint density at radius 2 is 1.55 bits per heavy atom. The van der Waals surface area contributed by atoms with Gasteiger partial charge in [0.05, 0.1) is 30.8 Å². The molecule has 0 bridgehead atoms. The standard InChI is InChI=1S/C20H21NO7S/c1-26-17-6-2-15(3-7-17)19(22)14-28-20(23)16-4-8-18(9-5-16)29(24,25)21-10-12-27-13-11-21/h2-9H,10-14H2,1H3. The Morgan fingerprint density at radius 3 is 2.14 bits per heavy atom. The minimum Gasteiger partial charge on any atom is -0.497 e. The third kappa shape index (κ3) is 5.00. The molecule has 2 aromatic rings. The molecule has 0 spiro atoms. The molecule has 1 heterocycles. The summed E-state index contributed by atoms with van der Waals surface area (Å²) in [6, 6.07) is 11.9. The van der Waals surface area contributed by atoms with E-state index in [1.807, 2.05) is 0 Å². The highest BCUT2D eigenvalue weighted by atomic mass is 32.2. The van der Waals surface area contributed by atoms with Crippen molar-refractivity contribution < 1.29 is 32.2 Å². The van der Waals surface area contributed by atoms with Crippen LogP contribution in [0.25, 0.3) is 0 Å². The maximum Gasteiger partial charge on any atom is 0.338 e. The molecule has 0 unspecified atom stereocenters. The zero-order valence-electron chi connectivity index (χ0n) is 15.9. The van der Waals surface area contributed by atoms with Crippen molar-refractivity contribution in [2.24, 2.45) is 0 Å². The maximum absolute atomic E-state index is 12.6. The Hall–Kier alpha value is -2.75. The van der Waals surface area contributed by atoms with Crippen molar-refractivity contribution in [3.63, 3.8) is 0 Å². The second-order valence-electron chi connectivity index (χ2n) is 6.27. The molecule has 2 aromatic carbocycles. The lowest BCUT2D eigenvalue weighted by atomic mass is 10.1. The summed E-state index contributed by atoms with van der Waals surface area (Å²) in [6.07, 6.45) is 0. The van der Waals surface area contributed by atoms with E-state index in [2.05, 4.69) is 0 Å². The predicted molar refractivity (Wildman–Crippen MR) is 104 cm³/mol. The summed E-state index contributed by atoms with van der Waals surface area (Å²) in [6.45, 7) is 0.871. The van der Waals surface area contributed by atoms with E-state index in [4.69, 9.17) is 14.2 Å². The van der Waals surface area contributed by atoms with Gasteiger partial charge in [0.25, 0.3) is 0 Å². The van der Waals surface area contributed by atoms with Crippen LogP contribution in [-0.4, -0.2) is 64.5 Å². The summed E-state index contributed by atoms with van der Waals surface area (Å²) in [5.41, 5.74) is 0.555. The summed E-state index contributed by atoms with van der Waals surface area (Å²) in [5, 5.41) is 0. The van der Waals surface area contributed by atoms with Crippen LogP contribution in [0.2, 0.25) is 0 Å². The number of carbonyl (C=O) groups is 2. The van der Waals surface area contributed by atoms with Gasteiger partial charge in [-0.15, -0.1) is 0 Å².